The summed E-state index contributed by atoms with van der Waals surface area (Å²) in [5, 5.41) is 3.59. The Kier molecular flexibility index (Phi) is 6.79. The van der Waals surface area contributed by atoms with E-state index in [1.54, 1.807) is 0 Å². The molecule has 0 atom stereocenters. The number of rotatable bonds is 5. The Bertz CT molecular complexity index is 447. The molecule has 1 aliphatic heterocycles. The maximum Gasteiger partial charge on any atom is 0.0605 e. The summed E-state index contributed by atoms with van der Waals surface area (Å²) in [5.41, 5.74) is 1.12. The van der Waals surface area contributed by atoms with Crippen LogP contribution in [-0.4, -0.2) is 37.6 Å². The highest BCUT2D eigenvalue weighted by molar-refractivity contribution is 5.33. The van der Waals surface area contributed by atoms with E-state index in [-0.39, 0.29) is 0 Å². The van der Waals surface area contributed by atoms with Crippen LogP contribution in [0.1, 0.15) is 32.3 Å². The van der Waals surface area contributed by atoms with E-state index in [1.165, 1.54) is 32.5 Å². The normalized spacial score (nSPS) is 16.7. The number of benzene rings is 1. The van der Waals surface area contributed by atoms with Crippen molar-refractivity contribution in [3.05, 3.63) is 35.9 Å². The van der Waals surface area contributed by atoms with Crippen LogP contribution in [0.2, 0.25) is 0 Å². The van der Waals surface area contributed by atoms with Gasteiger partial charge in [-0.15, -0.1) is 0 Å². The molecule has 0 bridgehead atoms. The molecule has 1 aliphatic rings. The molecule has 2 heteroatoms. The van der Waals surface area contributed by atoms with Gasteiger partial charge in [0.15, 0.2) is 0 Å². The van der Waals surface area contributed by atoms with Gasteiger partial charge in [0.1, 0.15) is 0 Å². The third kappa shape index (κ3) is 6.33. The van der Waals surface area contributed by atoms with Crippen LogP contribution in [0.4, 0.5) is 0 Å². The van der Waals surface area contributed by atoms with Gasteiger partial charge in [0.2, 0.25) is 0 Å². The van der Waals surface area contributed by atoms with Crippen molar-refractivity contribution >= 4 is 0 Å². The van der Waals surface area contributed by atoms with E-state index < -0.39 is 0 Å². The Labute approximate surface area is 129 Å². The molecular formula is C19H28N2. The average Bonchev–Trinajstić information content (AvgIpc) is 2.50. The monoisotopic (exact) mass is 284 g/mol. The maximum atomic E-state index is 3.59. The lowest BCUT2D eigenvalue weighted by Crippen LogP contribution is -2.38. The second-order valence-corrected chi connectivity index (χ2v) is 6.44. The first-order chi connectivity index (χ1) is 10.2. The topological polar surface area (TPSA) is 15.3 Å². The van der Waals surface area contributed by atoms with Crippen molar-refractivity contribution in [2.24, 2.45) is 11.8 Å². The van der Waals surface area contributed by atoms with Gasteiger partial charge in [0.25, 0.3) is 0 Å². The lowest BCUT2D eigenvalue weighted by Gasteiger charge is -2.30. The number of hydrogen-bond donors (Lipinski definition) is 1. The second-order valence-electron chi connectivity index (χ2n) is 6.44. The van der Waals surface area contributed by atoms with Crippen LogP contribution in [0, 0.1) is 23.7 Å². The molecule has 1 aromatic rings. The summed E-state index contributed by atoms with van der Waals surface area (Å²) in [6.07, 6.45) is 2.61. The molecule has 1 aromatic carbocycles. The molecule has 21 heavy (non-hydrogen) atoms. The quantitative estimate of drug-likeness (QED) is 0.836. The third-order valence-electron chi connectivity index (χ3n) is 4.00. The Morgan fingerprint density at radius 1 is 1.19 bits per heavy atom. The molecule has 1 saturated heterocycles. The SMILES string of the molecule is CC(C)CNCC1CCN(CC#Cc2ccccc2)CC1. The fourth-order valence-electron chi connectivity index (χ4n) is 2.70. The molecular weight excluding hydrogens is 256 g/mol. The molecule has 2 rings (SSSR count). The number of likely N-dealkylation sites (tertiary alicyclic amines) is 1. The van der Waals surface area contributed by atoms with Gasteiger partial charge >= 0.3 is 0 Å². The van der Waals surface area contributed by atoms with Crippen LogP contribution in [0.15, 0.2) is 30.3 Å². The van der Waals surface area contributed by atoms with E-state index in [0.29, 0.717) is 0 Å². The molecule has 0 aromatic heterocycles. The molecule has 0 spiro atoms. The Morgan fingerprint density at radius 2 is 1.90 bits per heavy atom. The first kappa shape index (κ1) is 16.1. The fraction of sp³-hybridized carbons (Fsp3) is 0.579. The van der Waals surface area contributed by atoms with Crippen molar-refractivity contribution in [3.63, 3.8) is 0 Å². The van der Waals surface area contributed by atoms with Crippen molar-refractivity contribution in [2.75, 3.05) is 32.7 Å². The third-order valence-corrected chi connectivity index (χ3v) is 4.00. The summed E-state index contributed by atoms with van der Waals surface area (Å²) in [5.74, 6) is 8.15. The number of piperidine rings is 1. The van der Waals surface area contributed by atoms with Crippen molar-refractivity contribution < 1.29 is 0 Å². The number of hydrogen-bond acceptors (Lipinski definition) is 2. The summed E-state index contributed by atoms with van der Waals surface area (Å²) in [4.78, 5) is 2.48. The van der Waals surface area contributed by atoms with Gasteiger partial charge in [0.05, 0.1) is 6.54 Å². The van der Waals surface area contributed by atoms with E-state index in [1.807, 2.05) is 18.2 Å². The zero-order chi connectivity index (χ0) is 14.9. The fourth-order valence-corrected chi connectivity index (χ4v) is 2.70. The van der Waals surface area contributed by atoms with Crippen molar-refractivity contribution in [1.29, 1.82) is 0 Å². The minimum atomic E-state index is 0.748. The van der Waals surface area contributed by atoms with Gasteiger partial charge in [-0.1, -0.05) is 43.9 Å². The van der Waals surface area contributed by atoms with E-state index in [9.17, 15) is 0 Å². The predicted octanol–water partition coefficient (Wildman–Crippen LogP) is 3.00. The maximum absolute atomic E-state index is 3.59. The van der Waals surface area contributed by atoms with E-state index in [2.05, 4.69) is 48.0 Å². The number of nitrogens with zero attached hydrogens (tertiary/aromatic N) is 1. The minimum Gasteiger partial charge on any atom is -0.316 e. The summed E-state index contributed by atoms with van der Waals surface area (Å²) in [6, 6.07) is 10.3. The predicted molar refractivity (Wildman–Crippen MR) is 90.2 cm³/mol. The summed E-state index contributed by atoms with van der Waals surface area (Å²) in [7, 11) is 0. The Hall–Kier alpha value is -1.30. The molecule has 114 valence electrons. The van der Waals surface area contributed by atoms with Gasteiger partial charge in [-0.25, -0.2) is 0 Å². The molecule has 0 saturated carbocycles. The van der Waals surface area contributed by atoms with Crippen LogP contribution in [0.3, 0.4) is 0 Å². The summed E-state index contributed by atoms with van der Waals surface area (Å²) in [6.45, 7) is 10.1. The van der Waals surface area contributed by atoms with Crippen molar-refractivity contribution in [1.82, 2.24) is 10.2 Å². The Balaban J connectivity index is 1.64. The highest BCUT2D eigenvalue weighted by atomic mass is 15.1. The van der Waals surface area contributed by atoms with Crippen LogP contribution in [0.25, 0.3) is 0 Å². The lowest BCUT2D eigenvalue weighted by atomic mass is 9.96. The van der Waals surface area contributed by atoms with Gasteiger partial charge < -0.3 is 5.32 Å². The summed E-state index contributed by atoms with van der Waals surface area (Å²) < 4.78 is 0. The van der Waals surface area contributed by atoms with E-state index in [0.717, 1.165) is 30.5 Å². The molecule has 1 N–H and O–H groups in total. The molecule has 0 amide bonds. The molecule has 2 nitrogen and oxygen atoms in total. The van der Waals surface area contributed by atoms with Crippen molar-refractivity contribution in [3.8, 4) is 11.8 Å². The molecule has 0 unspecified atom stereocenters. The van der Waals surface area contributed by atoms with Crippen LogP contribution < -0.4 is 5.32 Å². The van der Waals surface area contributed by atoms with Gasteiger partial charge in [-0.3, -0.25) is 4.90 Å². The zero-order valence-electron chi connectivity index (χ0n) is 13.4. The van der Waals surface area contributed by atoms with E-state index >= 15 is 0 Å². The molecule has 1 fully saturated rings. The Morgan fingerprint density at radius 3 is 2.57 bits per heavy atom. The van der Waals surface area contributed by atoms with Gasteiger partial charge in [0, 0.05) is 5.56 Å². The molecule has 0 radical (unpaired) electrons. The average molecular weight is 284 g/mol. The van der Waals surface area contributed by atoms with Crippen LogP contribution >= 0.6 is 0 Å². The minimum absolute atomic E-state index is 0.748. The van der Waals surface area contributed by atoms with Crippen molar-refractivity contribution in [2.45, 2.75) is 26.7 Å². The zero-order valence-corrected chi connectivity index (χ0v) is 13.4. The molecule has 0 aliphatic carbocycles. The standard InChI is InChI=1S/C19H28N2/c1-17(2)15-20-16-19-10-13-21(14-11-19)12-6-9-18-7-4-3-5-8-18/h3-5,7-8,17,19-20H,10-16H2,1-2H3. The van der Waals surface area contributed by atoms with Crippen LogP contribution in [0.5, 0.6) is 0 Å². The smallest absolute Gasteiger partial charge is 0.0605 e. The summed E-state index contributed by atoms with van der Waals surface area (Å²) >= 11 is 0. The highest BCUT2D eigenvalue weighted by Crippen LogP contribution is 2.15. The first-order valence-corrected chi connectivity index (χ1v) is 8.21. The van der Waals surface area contributed by atoms with Crippen LogP contribution in [-0.2, 0) is 0 Å². The largest absolute Gasteiger partial charge is 0.316 e. The van der Waals surface area contributed by atoms with Gasteiger partial charge in [-0.2, -0.15) is 0 Å². The second kappa shape index (κ2) is 8.87. The van der Waals surface area contributed by atoms with E-state index in [4.69, 9.17) is 0 Å². The highest BCUT2D eigenvalue weighted by Gasteiger charge is 2.17. The lowest BCUT2D eigenvalue weighted by molar-refractivity contribution is 0.200. The first-order valence-electron chi connectivity index (χ1n) is 8.21. The molecule has 1 heterocycles. The number of nitrogens with one attached hydrogen (secondary N) is 1. The van der Waals surface area contributed by atoms with Gasteiger partial charge in [-0.05, 0) is 63.0 Å².